The first kappa shape index (κ1) is 15.5. The third kappa shape index (κ3) is 4.57. The molecule has 0 bridgehead atoms. The highest BCUT2D eigenvalue weighted by Gasteiger charge is 2.15. The summed E-state index contributed by atoms with van der Waals surface area (Å²) >= 11 is 0. The van der Waals surface area contributed by atoms with Crippen LogP contribution in [0, 0.1) is 11.6 Å². The number of aliphatic hydroxyl groups excluding tert-OH is 1. The van der Waals surface area contributed by atoms with Crippen molar-refractivity contribution in [3.8, 4) is 0 Å². The molecule has 0 spiro atoms. The fourth-order valence-corrected chi connectivity index (χ4v) is 1.55. The normalized spacial score (nSPS) is 13.9. The first-order valence-electron chi connectivity index (χ1n) is 6.09. The van der Waals surface area contributed by atoms with Gasteiger partial charge >= 0.3 is 0 Å². The van der Waals surface area contributed by atoms with Crippen LogP contribution in [0.2, 0.25) is 0 Å². The molecule has 19 heavy (non-hydrogen) atoms. The van der Waals surface area contributed by atoms with Crippen LogP contribution in [0.3, 0.4) is 0 Å². The Morgan fingerprint density at radius 3 is 2.63 bits per heavy atom. The number of hydrogen-bond acceptors (Lipinski definition) is 3. The lowest BCUT2D eigenvalue weighted by atomic mass is 10.1. The molecule has 1 aromatic carbocycles. The van der Waals surface area contributed by atoms with Crippen LogP contribution in [-0.2, 0) is 4.79 Å². The molecule has 0 fully saturated rings. The number of amides is 1. The third-order valence-corrected chi connectivity index (χ3v) is 2.69. The number of halogens is 2. The average molecular weight is 272 g/mol. The molecule has 0 aliphatic carbocycles. The molecule has 106 valence electrons. The number of nitrogens with one attached hydrogen (secondary N) is 2. The second-order valence-electron chi connectivity index (χ2n) is 4.21. The van der Waals surface area contributed by atoms with Crippen molar-refractivity contribution in [1.82, 2.24) is 10.6 Å². The Labute approximate surface area is 110 Å². The molecule has 1 amide bonds. The molecular formula is C13H18F2N2O2. The van der Waals surface area contributed by atoms with E-state index < -0.39 is 23.8 Å². The molecule has 2 unspecified atom stereocenters. The van der Waals surface area contributed by atoms with Crippen molar-refractivity contribution in [3.63, 3.8) is 0 Å². The van der Waals surface area contributed by atoms with Crippen LogP contribution in [-0.4, -0.2) is 30.1 Å². The largest absolute Gasteiger partial charge is 0.387 e. The van der Waals surface area contributed by atoms with Gasteiger partial charge in [0.2, 0.25) is 5.91 Å². The first-order chi connectivity index (χ1) is 8.95. The summed E-state index contributed by atoms with van der Waals surface area (Å²) in [5, 5.41) is 15.3. The molecule has 0 aromatic heterocycles. The monoisotopic (exact) mass is 272 g/mol. The van der Waals surface area contributed by atoms with Crippen LogP contribution >= 0.6 is 0 Å². The molecule has 1 aromatic rings. The molecule has 6 heteroatoms. The van der Waals surface area contributed by atoms with Gasteiger partial charge < -0.3 is 15.7 Å². The van der Waals surface area contributed by atoms with Gasteiger partial charge in [-0.3, -0.25) is 4.79 Å². The molecule has 0 saturated heterocycles. The Bertz CT molecular complexity index is 441. The smallest absolute Gasteiger partial charge is 0.236 e. The quantitative estimate of drug-likeness (QED) is 0.727. The lowest BCUT2D eigenvalue weighted by Crippen LogP contribution is -2.43. The fourth-order valence-electron chi connectivity index (χ4n) is 1.55. The number of rotatable bonds is 6. The predicted octanol–water partition coefficient (Wildman–Crippen LogP) is 1.11. The van der Waals surface area contributed by atoms with E-state index in [-0.39, 0.29) is 18.0 Å². The van der Waals surface area contributed by atoms with Crippen molar-refractivity contribution in [2.45, 2.75) is 26.0 Å². The second kappa shape index (κ2) is 7.16. The SMILES string of the molecule is CCNC(=O)C(C)NCC(O)c1ccc(F)c(F)c1. The standard InChI is InChI=1S/C13H18F2N2O2/c1-3-16-13(19)8(2)17-7-12(18)9-4-5-10(14)11(15)6-9/h4-6,8,12,17-18H,3,7H2,1-2H3,(H,16,19). The topological polar surface area (TPSA) is 61.4 Å². The summed E-state index contributed by atoms with van der Waals surface area (Å²) in [5.41, 5.74) is 0.259. The van der Waals surface area contributed by atoms with Crippen LogP contribution in [0.4, 0.5) is 8.78 Å². The van der Waals surface area contributed by atoms with Crippen LogP contribution in [0.25, 0.3) is 0 Å². The highest BCUT2D eigenvalue weighted by molar-refractivity contribution is 5.81. The second-order valence-corrected chi connectivity index (χ2v) is 4.21. The zero-order valence-electron chi connectivity index (χ0n) is 10.9. The zero-order chi connectivity index (χ0) is 14.4. The summed E-state index contributed by atoms with van der Waals surface area (Å²) in [6, 6.07) is 2.74. The molecule has 0 saturated carbocycles. The summed E-state index contributed by atoms with van der Waals surface area (Å²) in [7, 11) is 0. The number of likely N-dealkylation sites (N-methyl/N-ethyl adjacent to an activating group) is 1. The van der Waals surface area contributed by atoms with E-state index in [9.17, 15) is 18.7 Å². The van der Waals surface area contributed by atoms with Crippen LogP contribution < -0.4 is 10.6 Å². The van der Waals surface area contributed by atoms with Crippen molar-refractivity contribution < 1.29 is 18.7 Å². The Morgan fingerprint density at radius 2 is 2.05 bits per heavy atom. The highest BCUT2D eigenvalue weighted by Crippen LogP contribution is 2.15. The lowest BCUT2D eigenvalue weighted by Gasteiger charge is -2.17. The summed E-state index contributed by atoms with van der Waals surface area (Å²) in [6.07, 6.45) is -1.01. The number of aliphatic hydroxyl groups is 1. The van der Waals surface area contributed by atoms with Gasteiger partial charge in [0.1, 0.15) is 0 Å². The van der Waals surface area contributed by atoms with E-state index in [2.05, 4.69) is 10.6 Å². The van der Waals surface area contributed by atoms with Crippen molar-refractivity contribution in [2.75, 3.05) is 13.1 Å². The van der Waals surface area contributed by atoms with Gasteiger partial charge in [0, 0.05) is 13.1 Å². The van der Waals surface area contributed by atoms with Gasteiger partial charge in [-0.05, 0) is 31.5 Å². The molecule has 1 rings (SSSR count). The summed E-state index contributed by atoms with van der Waals surface area (Å²) in [6.45, 7) is 4.06. The third-order valence-electron chi connectivity index (χ3n) is 2.69. The van der Waals surface area contributed by atoms with Gasteiger partial charge in [-0.25, -0.2) is 8.78 Å². The van der Waals surface area contributed by atoms with E-state index in [4.69, 9.17) is 0 Å². The van der Waals surface area contributed by atoms with Crippen molar-refractivity contribution >= 4 is 5.91 Å². The van der Waals surface area contributed by atoms with Gasteiger partial charge in [-0.2, -0.15) is 0 Å². The molecule has 4 nitrogen and oxygen atoms in total. The minimum Gasteiger partial charge on any atom is -0.387 e. The predicted molar refractivity (Wildman–Crippen MR) is 67.5 cm³/mol. The Kier molecular flexibility index (Phi) is 5.85. The first-order valence-corrected chi connectivity index (χ1v) is 6.09. The maximum atomic E-state index is 13.0. The number of carbonyl (C=O) groups is 1. The summed E-state index contributed by atoms with van der Waals surface area (Å²) in [5.74, 6) is -2.15. The van der Waals surface area contributed by atoms with Crippen LogP contribution in [0.1, 0.15) is 25.5 Å². The number of hydrogen-bond donors (Lipinski definition) is 3. The van der Waals surface area contributed by atoms with Crippen molar-refractivity contribution in [2.24, 2.45) is 0 Å². The van der Waals surface area contributed by atoms with E-state index in [1.807, 2.05) is 0 Å². The van der Waals surface area contributed by atoms with Gasteiger partial charge in [0.25, 0.3) is 0 Å². The molecule has 0 radical (unpaired) electrons. The Balaban J connectivity index is 2.53. The van der Waals surface area contributed by atoms with Gasteiger partial charge in [-0.15, -0.1) is 0 Å². The minimum absolute atomic E-state index is 0.0728. The van der Waals surface area contributed by atoms with Crippen LogP contribution in [0.15, 0.2) is 18.2 Å². The summed E-state index contributed by atoms with van der Waals surface area (Å²) in [4.78, 5) is 11.4. The van der Waals surface area contributed by atoms with E-state index in [0.29, 0.717) is 6.54 Å². The van der Waals surface area contributed by atoms with E-state index in [1.54, 1.807) is 13.8 Å². The van der Waals surface area contributed by atoms with Crippen molar-refractivity contribution in [3.05, 3.63) is 35.4 Å². The van der Waals surface area contributed by atoms with E-state index in [0.717, 1.165) is 12.1 Å². The molecular weight excluding hydrogens is 254 g/mol. The minimum atomic E-state index is -1.01. The Morgan fingerprint density at radius 1 is 1.37 bits per heavy atom. The lowest BCUT2D eigenvalue weighted by molar-refractivity contribution is -0.122. The molecule has 0 aliphatic heterocycles. The van der Waals surface area contributed by atoms with Gasteiger partial charge in [0.15, 0.2) is 11.6 Å². The molecule has 0 heterocycles. The van der Waals surface area contributed by atoms with E-state index in [1.165, 1.54) is 6.07 Å². The number of benzene rings is 1. The summed E-state index contributed by atoms with van der Waals surface area (Å²) < 4.78 is 25.7. The van der Waals surface area contributed by atoms with Gasteiger partial charge in [0.05, 0.1) is 12.1 Å². The van der Waals surface area contributed by atoms with Crippen LogP contribution in [0.5, 0.6) is 0 Å². The van der Waals surface area contributed by atoms with Gasteiger partial charge in [-0.1, -0.05) is 6.07 Å². The Hall–Kier alpha value is -1.53. The maximum Gasteiger partial charge on any atom is 0.236 e. The maximum absolute atomic E-state index is 13.0. The average Bonchev–Trinajstić information content (AvgIpc) is 2.39. The fraction of sp³-hybridized carbons (Fsp3) is 0.462. The zero-order valence-corrected chi connectivity index (χ0v) is 10.9. The highest BCUT2D eigenvalue weighted by atomic mass is 19.2. The van der Waals surface area contributed by atoms with Crippen molar-refractivity contribution in [1.29, 1.82) is 0 Å². The molecule has 0 aliphatic rings. The molecule has 2 atom stereocenters. The number of carbonyl (C=O) groups excluding carboxylic acids is 1. The van der Waals surface area contributed by atoms with E-state index >= 15 is 0 Å². The molecule has 3 N–H and O–H groups in total.